The molecule has 3 rings (SSSR count). The van der Waals surface area contributed by atoms with Gasteiger partial charge in [-0.05, 0) is 56.7 Å². The Morgan fingerprint density at radius 1 is 1.29 bits per heavy atom. The van der Waals surface area contributed by atoms with Crippen LogP contribution in [0.2, 0.25) is 0 Å². The van der Waals surface area contributed by atoms with Crippen LogP contribution in [0.25, 0.3) is 0 Å². The first-order valence-corrected chi connectivity index (χ1v) is 11.6. The van der Waals surface area contributed by atoms with Crippen LogP contribution in [0.5, 0.6) is 0 Å². The molecule has 7 nitrogen and oxygen atoms in total. The van der Waals surface area contributed by atoms with Crippen molar-refractivity contribution >= 4 is 5.91 Å². The summed E-state index contributed by atoms with van der Waals surface area (Å²) in [5, 5.41) is 17.9. The molecular weight excluding hydrogens is 451 g/mol. The highest BCUT2D eigenvalue weighted by molar-refractivity contribution is 5.96. The van der Waals surface area contributed by atoms with Crippen molar-refractivity contribution < 1.29 is 32.5 Å². The van der Waals surface area contributed by atoms with Crippen LogP contribution in [0.3, 0.4) is 0 Å². The van der Waals surface area contributed by atoms with Crippen molar-refractivity contribution in [2.24, 2.45) is 0 Å². The number of carbonyl (C=O) groups is 1. The number of rotatable bonds is 7. The number of aromatic nitrogens is 2. The smallest absolute Gasteiger partial charge is 0.381 e. The first-order valence-electron chi connectivity index (χ1n) is 11.6. The normalized spacial score (nSPS) is 16.5. The molecule has 2 heterocycles. The Bertz CT molecular complexity index is 975. The number of halogens is 3. The topological polar surface area (TPSA) is 85.6 Å². The number of carbonyl (C=O) groups excluding carboxylic acids is 1. The number of aryl methyl sites for hydroxylation is 3. The molecule has 10 heteroatoms. The molecule has 1 aliphatic heterocycles. The highest BCUT2D eigenvalue weighted by Gasteiger charge is 2.31. The standard InChI is InChI=1S/C24H32F3N3O4/c1-3-19-21-20(7-4-12-33-13-5-10-28-22(21)31)30(29-19)11-6-14-34-23(32)18-15-17(24(25,26)27)9-8-16(18)2/h8-9,15,23,32H,3-7,10-14H2,1-2H3,(H,28,31). The van der Waals surface area contributed by atoms with Crippen LogP contribution >= 0.6 is 0 Å². The van der Waals surface area contributed by atoms with E-state index in [1.165, 1.54) is 6.07 Å². The number of alkyl halides is 3. The van der Waals surface area contributed by atoms with E-state index >= 15 is 0 Å². The van der Waals surface area contributed by atoms with Crippen molar-refractivity contribution in [3.05, 3.63) is 51.8 Å². The lowest BCUT2D eigenvalue weighted by molar-refractivity contribution is -0.138. The van der Waals surface area contributed by atoms with Gasteiger partial charge in [0.1, 0.15) is 0 Å². The van der Waals surface area contributed by atoms with Crippen LogP contribution in [0.15, 0.2) is 18.2 Å². The second-order valence-corrected chi connectivity index (χ2v) is 8.32. The van der Waals surface area contributed by atoms with E-state index in [1.54, 1.807) is 11.6 Å². The third-order valence-corrected chi connectivity index (χ3v) is 5.81. The predicted molar refractivity (Wildman–Crippen MR) is 119 cm³/mol. The number of ether oxygens (including phenoxy) is 2. The molecule has 0 aliphatic carbocycles. The van der Waals surface area contributed by atoms with E-state index in [2.05, 4.69) is 10.4 Å². The zero-order chi connectivity index (χ0) is 24.7. The zero-order valence-corrected chi connectivity index (χ0v) is 19.6. The van der Waals surface area contributed by atoms with Crippen molar-refractivity contribution in [3.8, 4) is 0 Å². The van der Waals surface area contributed by atoms with Crippen LogP contribution in [0.4, 0.5) is 13.2 Å². The lowest BCUT2D eigenvalue weighted by Crippen LogP contribution is -2.26. The molecule has 1 aromatic heterocycles. The van der Waals surface area contributed by atoms with E-state index in [4.69, 9.17) is 9.47 Å². The molecule has 0 bridgehead atoms. The minimum absolute atomic E-state index is 0.0901. The average Bonchev–Trinajstić information content (AvgIpc) is 3.13. The average molecular weight is 484 g/mol. The molecule has 34 heavy (non-hydrogen) atoms. The van der Waals surface area contributed by atoms with Gasteiger partial charge in [0.05, 0.1) is 29.1 Å². The Balaban J connectivity index is 1.66. The number of nitrogens with one attached hydrogen (secondary N) is 1. The molecule has 1 atom stereocenters. The summed E-state index contributed by atoms with van der Waals surface area (Å²) in [6.45, 7) is 5.88. The van der Waals surface area contributed by atoms with Crippen LogP contribution in [-0.2, 0) is 35.0 Å². The second kappa shape index (κ2) is 11.8. The first kappa shape index (κ1) is 26.2. The van der Waals surface area contributed by atoms with Gasteiger partial charge >= 0.3 is 6.18 Å². The van der Waals surface area contributed by atoms with Gasteiger partial charge in [0.2, 0.25) is 0 Å². The van der Waals surface area contributed by atoms with Gasteiger partial charge in [-0.25, -0.2) is 0 Å². The second-order valence-electron chi connectivity index (χ2n) is 8.32. The van der Waals surface area contributed by atoms with Crippen molar-refractivity contribution in [2.45, 2.75) is 65.0 Å². The monoisotopic (exact) mass is 483 g/mol. The fraction of sp³-hybridized carbons (Fsp3) is 0.583. The minimum atomic E-state index is -4.50. The van der Waals surface area contributed by atoms with E-state index in [1.807, 2.05) is 6.92 Å². The molecule has 188 valence electrons. The number of fused-ring (bicyclic) bond motifs is 1. The lowest BCUT2D eigenvalue weighted by atomic mass is 10.0. The Kier molecular flexibility index (Phi) is 9.10. The molecule has 1 amide bonds. The number of nitrogens with zero attached hydrogens (tertiary/aromatic N) is 2. The predicted octanol–water partition coefficient (Wildman–Crippen LogP) is 3.95. The summed E-state index contributed by atoms with van der Waals surface area (Å²) in [6.07, 6.45) is -2.73. The molecular formula is C24H32F3N3O4. The van der Waals surface area contributed by atoms with Gasteiger partial charge in [0, 0.05) is 31.9 Å². The van der Waals surface area contributed by atoms with E-state index < -0.39 is 18.0 Å². The van der Waals surface area contributed by atoms with Gasteiger partial charge in [-0.2, -0.15) is 18.3 Å². The number of hydrogen-bond acceptors (Lipinski definition) is 5. The number of aliphatic hydroxyl groups excluding tert-OH is 1. The van der Waals surface area contributed by atoms with Crippen LogP contribution in [0.1, 0.15) is 70.9 Å². The van der Waals surface area contributed by atoms with Crippen molar-refractivity contribution in [1.82, 2.24) is 15.1 Å². The van der Waals surface area contributed by atoms with E-state index in [9.17, 15) is 23.1 Å². The van der Waals surface area contributed by atoms with Gasteiger partial charge in [-0.3, -0.25) is 9.48 Å². The third-order valence-electron chi connectivity index (χ3n) is 5.81. The van der Waals surface area contributed by atoms with E-state index in [0.717, 1.165) is 36.4 Å². The fourth-order valence-corrected chi connectivity index (χ4v) is 3.99. The Morgan fingerprint density at radius 2 is 2.06 bits per heavy atom. The van der Waals surface area contributed by atoms with Gasteiger partial charge < -0.3 is 19.9 Å². The minimum Gasteiger partial charge on any atom is -0.381 e. The lowest BCUT2D eigenvalue weighted by Gasteiger charge is -2.17. The number of amides is 1. The Hall–Kier alpha value is -2.43. The quantitative estimate of drug-likeness (QED) is 0.460. The maximum absolute atomic E-state index is 13.0. The Morgan fingerprint density at radius 3 is 2.79 bits per heavy atom. The van der Waals surface area contributed by atoms with Crippen molar-refractivity contribution in [1.29, 1.82) is 0 Å². The summed E-state index contributed by atoms with van der Waals surface area (Å²) >= 11 is 0. The van der Waals surface area contributed by atoms with E-state index in [0.29, 0.717) is 56.7 Å². The van der Waals surface area contributed by atoms with Gasteiger partial charge in [0.25, 0.3) is 5.91 Å². The molecule has 0 saturated heterocycles. The zero-order valence-electron chi connectivity index (χ0n) is 19.6. The molecule has 1 unspecified atom stereocenters. The maximum atomic E-state index is 13.0. The number of hydrogen-bond donors (Lipinski definition) is 2. The van der Waals surface area contributed by atoms with Gasteiger partial charge in [-0.15, -0.1) is 0 Å². The summed E-state index contributed by atoms with van der Waals surface area (Å²) in [5.41, 5.74) is 1.96. The molecule has 2 N–H and O–H groups in total. The summed E-state index contributed by atoms with van der Waals surface area (Å²) in [6, 6.07) is 3.22. The summed E-state index contributed by atoms with van der Waals surface area (Å²) in [4.78, 5) is 12.8. The van der Waals surface area contributed by atoms with Crippen LogP contribution < -0.4 is 5.32 Å². The van der Waals surface area contributed by atoms with E-state index in [-0.39, 0.29) is 18.1 Å². The highest BCUT2D eigenvalue weighted by atomic mass is 19.4. The molecule has 1 aliphatic rings. The molecule has 1 aromatic carbocycles. The molecule has 2 aromatic rings. The fourth-order valence-electron chi connectivity index (χ4n) is 3.99. The molecule has 0 saturated carbocycles. The van der Waals surface area contributed by atoms with Crippen LogP contribution in [0, 0.1) is 6.92 Å². The number of aliphatic hydroxyl groups is 1. The summed E-state index contributed by atoms with van der Waals surface area (Å²) < 4.78 is 51.9. The summed E-state index contributed by atoms with van der Waals surface area (Å²) in [7, 11) is 0. The number of benzene rings is 1. The highest BCUT2D eigenvalue weighted by Crippen LogP contribution is 2.32. The SMILES string of the molecule is CCc1nn(CCCOC(O)c2cc(C(F)(F)F)ccc2C)c2c1C(=O)NCCCOCCC2. The molecule has 0 radical (unpaired) electrons. The van der Waals surface area contributed by atoms with Gasteiger partial charge in [-0.1, -0.05) is 13.0 Å². The largest absolute Gasteiger partial charge is 0.416 e. The van der Waals surface area contributed by atoms with Gasteiger partial charge in [0.15, 0.2) is 6.29 Å². The molecule has 0 fully saturated rings. The maximum Gasteiger partial charge on any atom is 0.416 e. The molecule has 0 spiro atoms. The third kappa shape index (κ3) is 6.58. The Labute approximate surface area is 197 Å². The van der Waals surface area contributed by atoms with Crippen molar-refractivity contribution in [3.63, 3.8) is 0 Å². The first-order chi connectivity index (χ1) is 16.2. The summed E-state index contributed by atoms with van der Waals surface area (Å²) in [5.74, 6) is -0.133. The van der Waals surface area contributed by atoms with Crippen LogP contribution in [-0.4, -0.2) is 47.2 Å². The van der Waals surface area contributed by atoms with Crippen molar-refractivity contribution in [2.75, 3.05) is 26.4 Å².